The molecular formula is C11H17N5O3. The fourth-order valence-electron chi connectivity index (χ4n) is 2.05. The van der Waals surface area contributed by atoms with E-state index in [1.807, 2.05) is 0 Å². The molecule has 104 valence electrons. The summed E-state index contributed by atoms with van der Waals surface area (Å²) in [6.07, 6.45) is 0. The second kappa shape index (κ2) is 4.88. The Labute approximate surface area is 108 Å². The molecule has 0 spiro atoms. The maximum Gasteiger partial charge on any atom is 0.332 e. The second-order valence-electron chi connectivity index (χ2n) is 4.21. The number of aliphatic hydroxyl groups is 1. The molecule has 0 atom stereocenters. The van der Waals surface area contributed by atoms with Crippen LogP contribution in [0, 0.1) is 0 Å². The van der Waals surface area contributed by atoms with Gasteiger partial charge in [-0.25, -0.2) is 4.79 Å². The van der Waals surface area contributed by atoms with Crippen LogP contribution in [0.4, 0.5) is 5.95 Å². The van der Waals surface area contributed by atoms with Gasteiger partial charge in [0, 0.05) is 27.2 Å². The summed E-state index contributed by atoms with van der Waals surface area (Å²) in [7, 11) is 3.28. The maximum atomic E-state index is 12.3. The van der Waals surface area contributed by atoms with Crippen molar-refractivity contribution in [2.45, 2.75) is 13.5 Å². The average molecular weight is 267 g/mol. The first-order chi connectivity index (χ1) is 9.02. The van der Waals surface area contributed by atoms with Crippen LogP contribution in [0.5, 0.6) is 0 Å². The average Bonchev–Trinajstić information content (AvgIpc) is 2.72. The van der Waals surface area contributed by atoms with Gasteiger partial charge in [0.1, 0.15) is 0 Å². The van der Waals surface area contributed by atoms with E-state index >= 15 is 0 Å². The van der Waals surface area contributed by atoms with Crippen molar-refractivity contribution in [2.75, 3.05) is 18.5 Å². The standard InChI is InChI=1S/C11H17N5O3/c1-4-16-9(18)7-8(15(3)11(16)19)13-10(14(7)2)12-5-6-17/h17H,4-6H2,1-3H3,(H,12,13). The number of fused-ring (bicyclic) bond motifs is 1. The topological polar surface area (TPSA) is 94.1 Å². The molecule has 0 aliphatic heterocycles. The monoisotopic (exact) mass is 267 g/mol. The third-order valence-corrected chi connectivity index (χ3v) is 3.07. The Balaban J connectivity index is 2.80. The molecule has 0 radical (unpaired) electrons. The van der Waals surface area contributed by atoms with Gasteiger partial charge in [-0.05, 0) is 6.92 Å². The highest BCUT2D eigenvalue weighted by Gasteiger charge is 2.17. The van der Waals surface area contributed by atoms with Crippen molar-refractivity contribution in [1.29, 1.82) is 0 Å². The van der Waals surface area contributed by atoms with E-state index in [0.29, 0.717) is 30.2 Å². The van der Waals surface area contributed by atoms with Gasteiger partial charge in [0.15, 0.2) is 11.2 Å². The van der Waals surface area contributed by atoms with E-state index in [2.05, 4.69) is 10.3 Å². The summed E-state index contributed by atoms with van der Waals surface area (Å²) in [6.45, 7) is 2.34. The van der Waals surface area contributed by atoms with Crippen LogP contribution in [0.2, 0.25) is 0 Å². The molecule has 0 saturated heterocycles. The van der Waals surface area contributed by atoms with Gasteiger partial charge in [-0.1, -0.05) is 0 Å². The lowest BCUT2D eigenvalue weighted by Crippen LogP contribution is -2.39. The number of aliphatic hydroxyl groups excluding tert-OH is 1. The highest BCUT2D eigenvalue weighted by atomic mass is 16.3. The Hall–Kier alpha value is -2.09. The van der Waals surface area contributed by atoms with Gasteiger partial charge in [-0.15, -0.1) is 0 Å². The quantitative estimate of drug-likeness (QED) is 0.730. The molecule has 0 amide bonds. The highest BCUT2D eigenvalue weighted by Crippen LogP contribution is 2.12. The number of hydrogen-bond acceptors (Lipinski definition) is 5. The lowest BCUT2D eigenvalue weighted by Gasteiger charge is -2.06. The van der Waals surface area contributed by atoms with Crippen LogP contribution in [-0.4, -0.2) is 36.9 Å². The van der Waals surface area contributed by atoms with Gasteiger partial charge in [-0.3, -0.25) is 13.9 Å². The highest BCUT2D eigenvalue weighted by molar-refractivity contribution is 5.74. The van der Waals surface area contributed by atoms with E-state index in [0.717, 1.165) is 0 Å². The fourth-order valence-corrected chi connectivity index (χ4v) is 2.05. The Morgan fingerprint density at radius 1 is 1.26 bits per heavy atom. The third-order valence-electron chi connectivity index (χ3n) is 3.07. The van der Waals surface area contributed by atoms with E-state index in [1.54, 1.807) is 25.6 Å². The van der Waals surface area contributed by atoms with Crippen molar-refractivity contribution in [3.63, 3.8) is 0 Å². The molecule has 0 aromatic carbocycles. The van der Waals surface area contributed by atoms with Crippen LogP contribution < -0.4 is 16.6 Å². The van der Waals surface area contributed by atoms with Crippen molar-refractivity contribution in [3.8, 4) is 0 Å². The summed E-state index contributed by atoms with van der Waals surface area (Å²) in [5.74, 6) is 0.449. The number of hydrogen-bond donors (Lipinski definition) is 2. The Morgan fingerprint density at radius 3 is 2.53 bits per heavy atom. The van der Waals surface area contributed by atoms with E-state index in [1.165, 1.54) is 9.13 Å². The van der Waals surface area contributed by atoms with Crippen molar-refractivity contribution in [1.82, 2.24) is 18.7 Å². The minimum atomic E-state index is -0.383. The van der Waals surface area contributed by atoms with Gasteiger partial charge in [0.05, 0.1) is 6.61 Å². The molecule has 2 N–H and O–H groups in total. The van der Waals surface area contributed by atoms with Gasteiger partial charge < -0.3 is 15.0 Å². The number of imidazole rings is 1. The first-order valence-electron chi connectivity index (χ1n) is 6.03. The molecule has 0 aliphatic rings. The predicted molar refractivity (Wildman–Crippen MR) is 71.5 cm³/mol. The fraction of sp³-hybridized carbons (Fsp3) is 0.545. The van der Waals surface area contributed by atoms with E-state index < -0.39 is 0 Å². The summed E-state index contributed by atoms with van der Waals surface area (Å²) in [5, 5.41) is 11.7. The second-order valence-corrected chi connectivity index (χ2v) is 4.21. The van der Waals surface area contributed by atoms with Gasteiger partial charge >= 0.3 is 5.69 Å². The lowest BCUT2D eigenvalue weighted by molar-refractivity contribution is 0.310. The van der Waals surface area contributed by atoms with Crippen LogP contribution >= 0.6 is 0 Å². The zero-order valence-corrected chi connectivity index (χ0v) is 11.2. The van der Waals surface area contributed by atoms with Gasteiger partial charge in [0.25, 0.3) is 5.56 Å². The molecule has 2 aromatic rings. The number of anilines is 1. The van der Waals surface area contributed by atoms with E-state index in [4.69, 9.17) is 5.11 Å². The Bertz CT molecular complexity index is 724. The minimum absolute atomic E-state index is 0.0403. The summed E-state index contributed by atoms with van der Waals surface area (Å²) in [5.41, 5.74) is -0.0357. The number of rotatable bonds is 4. The molecule has 0 bridgehead atoms. The molecule has 8 nitrogen and oxygen atoms in total. The molecule has 0 aliphatic carbocycles. The van der Waals surface area contributed by atoms with Gasteiger partial charge in [-0.2, -0.15) is 4.98 Å². The SMILES string of the molecule is CCn1c(=O)c2c(nc(NCCO)n2C)n(C)c1=O. The van der Waals surface area contributed by atoms with Crippen LogP contribution in [0.3, 0.4) is 0 Å². The van der Waals surface area contributed by atoms with E-state index in [9.17, 15) is 9.59 Å². The number of aryl methyl sites for hydroxylation is 2. The molecule has 2 heterocycles. The molecule has 2 aromatic heterocycles. The predicted octanol–water partition coefficient (Wildman–Crippen LogP) is -1.14. The molecule has 0 fully saturated rings. The Kier molecular flexibility index (Phi) is 3.43. The largest absolute Gasteiger partial charge is 0.395 e. The number of nitrogens with one attached hydrogen (secondary N) is 1. The van der Waals surface area contributed by atoms with Crippen molar-refractivity contribution < 1.29 is 5.11 Å². The summed E-state index contributed by atoms with van der Waals surface area (Å²) in [4.78, 5) is 28.5. The van der Waals surface area contributed by atoms with Crippen molar-refractivity contribution in [2.24, 2.45) is 14.1 Å². The molecule has 0 unspecified atom stereocenters. The first-order valence-corrected chi connectivity index (χ1v) is 6.03. The van der Waals surface area contributed by atoms with Crippen LogP contribution in [-0.2, 0) is 20.6 Å². The summed E-state index contributed by atoms with van der Waals surface area (Å²) < 4.78 is 4.11. The van der Waals surface area contributed by atoms with Crippen LogP contribution in [0.15, 0.2) is 9.59 Å². The first kappa shape index (κ1) is 13.3. The maximum absolute atomic E-state index is 12.3. The molecule has 2 rings (SSSR count). The van der Waals surface area contributed by atoms with Crippen LogP contribution in [0.25, 0.3) is 11.2 Å². The minimum Gasteiger partial charge on any atom is -0.395 e. The molecular weight excluding hydrogens is 250 g/mol. The molecule has 0 saturated carbocycles. The van der Waals surface area contributed by atoms with Crippen molar-refractivity contribution >= 4 is 17.1 Å². The third kappa shape index (κ3) is 1.93. The molecule has 19 heavy (non-hydrogen) atoms. The summed E-state index contributed by atoms with van der Waals surface area (Å²) >= 11 is 0. The van der Waals surface area contributed by atoms with E-state index in [-0.39, 0.29) is 17.9 Å². The zero-order chi connectivity index (χ0) is 14.2. The zero-order valence-electron chi connectivity index (χ0n) is 11.2. The van der Waals surface area contributed by atoms with Crippen molar-refractivity contribution in [3.05, 3.63) is 20.8 Å². The van der Waals surface area contributed by atoms with Gasteiger partial charge in [0.2, 0.25) is 5.95 Å². The number of nitrogens with zero attached hydrogens (tertiary/aromatic N) is 4. The molecule has 8 heteroatoms. The number of aromatic nitrogens is 4. The smallest absolute Gasteiger partial charge is 0.332 e. The lowest BCUT2D eigenvalue weighted by atomic mass is 10.5. The summed E-state index contributed by atoms with van der Waals surface area (Å²) in [6, 6.07) is 0. The van der Waals surface area contributed by atoms with Crippen LogP contribution in [0.1, 0.15) is 6.92 Å². The normalized spacial score (nSPS) is 11.2. The Morgan fingerprint density at radius 2 is 1.95 bits per heavy atom.